The average molecular weight is 354 g/mol. The van der Waals surface area contributed by atoms with E-state index >= 15 is 0 Å². The molecule has 136 valence electrons. The highest BCUT2D eigenvalue weighted by Gasteiger charge is 2.32. The van der Waals surface area contributed by atoms with Gasteiger partial charge in [0.1, 0.15) is 11.9 Å². The van der Waals surface area contributed by atoms with Crippen molar-refractivity contribution in [2.24, 2.45) is 0 Å². The molecule has 1 fully saturated rings. The number of carbonyl (C=O) groups excluding carboxylic acids is 1. The number of halogens is 1. The Kier molecular flexibility index (Phi) is 5.00. The zero-order chi connectivity index (χ0) is 17.9. The van der Waals surface area contributed by atoms with Gasteiger partial charge in [-0.3, -0.25) is 9.69 Å². The van der Waals surface area contributed by atoms with E-state index in [1.165, 1.54) is 17.2 Å². The summed E-state index contributed by atoms with van der Waals surface area (Å²) in [6, 6.07) is 15.1. The summed E-state index contributed by atoms with van der Waals surface area (Å²) in [6.07, 6.45) is 0.411. The molecule has 0 radical (unpaired) electrons. The van der Waals surface area contributed by atoms with Crippen LogP contribution in [0.4, 0.5) is 4.39 Å². The van der Waals surface area contributed by atoms with Crippen LogP contribution in [-0.2, 0) is 29.0 Å². The molecule has 0 aromatic heterocycles. The lowest BCUT2D eigenvalue weighted by molar-refractivity contribution is -0.150. The number of hydrogen-bond acceptors (Lipinski definition) is 3. The number of morpholine rings is 1. The molecule has 0 aliphatic carbocycles. The van der Waals surface area contributed by atoms with Crippen molar-refractivity contribution in [2.75, 3.05) is 26.2 Å². The van der Waals surface area contributed by atoms with Gasteiger partial charge in [0, 0.05) is 38.3 Å². The first-order valence-corrected chi connectivity index (χ1v) is 9.13. The normalized spacial score (nSPS) is 20.7. The number of benzene rings is 2. The number of fused-ring (bicyclic) bond motifs is 1. The smallest absolute Gasteiger partial charge is 0.253 e. The standard InChI is InChI=1S/C21H23FN2O2/c22-19-8-4-3-7-18(19)13-23-11-12-26-20(15-23)21(25)24-10-9-16-5-1-2-6-17(16)14-24/h1-8,20H,9-15H2. The predicted molar refractivity (Wildman–Crippen MR) is 97.0 cm³/mol. The molecule has 4 rings (SSSR count). The minimum Gasteiger partial charge on any atom is -0.366 e. The fourth-order valence-electron chi connectivity index (χ4n) is 3.75. The molecule has 1 atom stereocenters. The van der Waals surface area contributed by atoms with E-state index in [1.807, 2.05) is 23.1 Å². The van der Waals surface area contributed by atoms with Gasteiger partial charge in [0.2, 0.25) is 0 Å². The van der Waals surface area contributed by atoms with Gasteiger partial charge in [0.05, 0.1) is 6.61 Å². The summed E-state index contributed by atoms with van der Waals surface area (Å²) in [6.45, 7) is 3.58. The van der Waals surface area contributed by atoms with Gasteiger partial charge in [-0.15, -0.1) is 0 Å². The summed E-state index contributed by atoms with van der Waals surface area (Å²) in [7, 11) is 0. The van der Waals surface area contributed by atoms with Crippen LogP contribution in [0.25, 0.3) is 0 Å². The van der Waals surface area contributed by atoms with Gasteiger partial charge < -0.3 is 9.64 Å². The molecule has 4 nitrogen and oxygen atoms in total. The Hall–Kier alpha value is -2.24. The van der Waals surface area contributed by atoms with Crippen molar-refractivity contribution in [2.45, 2.75) is 25.6 Å². The van der Waals surface area contributed by atoms with E-state index in [9.17, 15) is 9.18 Å². The second kappa shape index (κ2) is 7.56. The molecule has 2 aromatic rings. The molecule has 1 unspecified atom stereocenters. The molecule has 0 saturated carbocycles. The second-order valence-corrected chi connectivity index (χ2v) is 6.96. The Morgan fingerprint density at radius 2 is 1.85 bits per heavy atom. The maximum absolute atomic E-state index is 13.9. The Bertz CT molecular complexity index is 795. The molecule has 2 aliphatic rings. The van der Waals surface area contributed by atoms with Gasteiger partial charge in [-0.05, 0) is 23.6 Å². The summed E-state index contributed by atoms with van der Waals surface area (Å²) in [4.78, 5) is 16.9. The van der Waals surface area contributed by atoms with Gasteiger partial charge >= 0.3 is 0 Å². The number of amides is 1. The first-order chi connectivity index (χ1) is 12.7. The zero-order valence-corrected chi connectivity index (χ0v) is 14.7. The van der Waals surface area contributed by atoms with E-state index in [0.29, 0.717) is 38.3 Å². The van der Waals surface area contributed by atoms with Crippen molar-refractivity contribution in [1.29, 1.82) is 0 Å². The van der Waals surface area contributed by atoms with E-state index in [1.54, 1.807) is 12.1 Å². The van der Waals surface area contributed by atoms with Crippen molar-refractivity contribution in [3.63, 3.8) is 0 Å². The van der Waals surface area contributed by atoms with Gasteiger partial charge in [-0.1, -0.05) is 42.5 Å². The van der Waals surface area contributed by atoms with Crippen LogP contribution in [0, 0.1) is 5.82 Å². The predicted octanol–water partition coefficient (Wildman–Crippen LogP) is 2.61. The first kappa shape index (κ1) is 17.2. The van der Waals surface area contributed by atoms with Crippen LogP contribution >= 0.6 is 0 Å². The third-order valence-electron chi connectivity index (χ3n) is 5.22. The first-order valence-electron chi connectivity index (χ1n) is 9.13. The van der Waals surface area contributed by atoms with E-state index in [4.69, 9.17) is 4.74 Å². The molecular formula is C21H23FN2O2. The van der Waals surface area contributed by atoms with Crippen LogP contribution in [0.15, 0.2) is 48.5 Å². The Labute approximate surface area is 153 Å². The molecular weight excluding hydrogens is 331 g/mol. The van der Waals surface area contributed by atoms with Crippen LogP contribution < -0.4 is 0 Å². The maximum atomic E-state index is 13.9. The van der Waals surface area contributed by atoms with Crippen LogP contribution in [0.5, 0.6) is 0 Å². The Morgan fingerprint density at radius 3 is 2.69 bits per heavy atom. The lowest BCUT2D eigenvalue weighted by Crippen LogP contribution is -2.51. The molecule has 1 saturated heterocycles. The van der Waals surface area contributed by atoms with E-state index in [0.717, 1.165) is 13.0 Å². The van der Waals surface area contributed by atoms with Crippen LogP contribution in [0.2, 0.25) is 0 Å². The molecule has 2 heterocycles. The summed E-state index contributed by atoms with van der Waals surface area (Å²) < 4.78 is 19.7. The molecule has 0 spiro atoms. The maximum Gasteiger partial charge on any atom is 0.253 e. The second-order valence-electron chi connectivity index (χ2n) is 6.96. The molecule has 2 aromatic carbocycles. The van der Waals surface area contributed by atoms with Crippen molar-refractivity contribution < 1.29 is 13.9 Å². The Morgan fingerprint density at radius 1 is 1.08 bits per heavy atom. The lowest BCUT2D eigenvalue weighted by atomic mass is 9.99. The van der Waals surface area contributed by atoms with Crippen molar-refractivity contribution in [1.82, 2.24) is 9.80 Å². The van der Waals surface area contributed by atoms with Crippen LogP contribution in [-0.4, -0.2) is 48.1 Å². The third-order valence-corrected chi connectivity index (χ3v) is 5.22. The van der Waals surface area contributed by atoms with E-state index in [-0.39, 0.29) is 11.7 Å². The molecule has 2 aliphatic heterocycles. The SMILES string of the molecule is O=C(C1CN(Cc2ccccc2F)CCO1)N1CCc2ccccc2C1. The summed E-state index contributed by atoms with van der Waals surface area (Å²) in [5.41, 5.74) is 3.20. The van der Waals surface area contributed by atoms with Crippen LogP contribution in [0.3, 0.4) is 0 Å². The quantitative estimate of drug-likeness (QED) is 0.849. The Balaban J connectivity index is 1.40. The van der Waals surface area contributed by atoms with Crippen LogP contribution in [0.1, 0.15) is 16.7 Å². The van der Waals surface area contributed by atoms with Gasteiger partial charge in [-0.2, -0.15) is 0 Å². The summed E-state index contributed by atoms with van der Waals surface area (Å²) >= 11 is 0. The largest absolute Gasteiger partial charge is 0.366 e. The molecule has 1 amide bonds. The monoisotopic (exact) mass is 354 g/mol. The topological polar surface area (TPSA) is 32.8 Å². The number of hydrogen-bond donors (Lipinski definition) is 0. The molecule has 0 N–H and O–H groups in total. The summed E-state index contributed by atoms with van der Waals surface area (Å²) in [5, 5.41) is 0. The number of carbonyl (C=O) groups is 1. The van der Waals surface area contributed by atoms with Gasteiger partial charge in [-0.25, -0.2) is 4.39 Å². The molecule has 5 heteroatoms. The zero-order valence-electron chi connectivity index (χ0n) is 14.7. The van der Waals surface area contributed by atoms with Crippen molar-refractivity contribution in [3.05, 3.63) is 71.0 Å². The number of rotatable bonds is 3. The minimum atomic E-state index is -0.471. The summed E-state index contributed by atoms with van der Waals surface area (Å²) in [5.74, 6) is -0.160. The third kappa shape index (κ3) is 3.64. The van der Waals surface area contributed by atoms with E-state index in [2.05, 4.69) is 17.0 Å². The highest BCUT2D eigenvalue weighted by Crippen LogP contribution is 2.21. The number of nitrogens with zero attached hydrogens (tertiary/aromatic N) is 2. The van der Waals surface area contributed by atoms with Gasteiger partial charge in [0.15, 0.2) is 0 Å². The lowest BCUT2D eigenvalue weighted by Gasteiger charge is -2.36. The molecule has 26 heavy (non-hydrogen) atoms. The molecule has 0 bridgehead atoms. The van der Waals surface area contributed by atoms with Gasteiger partial charge in [0.25, 0.3) is 5.91 Å². The fourth-order valence-corrected chi connectivity index (χ4v) is 3.75. The highest BCUT2D eigenvalue weighted by atomic mass is 19.1. The average Bonchev–Trinajstić information content (AvgIpc) is 2.69. The number of ether oxygens (including phenoxy) is 1. The van der Waals surface area contributed by atoms with Crippen molar-refractivity contribution in [3.8, 4) is 0 Å². The van der Waals surface area contributed by atoms with Crippen molar-refractivity contribution >= 4 is 5.91 Å². The minimum absolute atomic E-state index is 0.0396. The fraction of sp³-hybridized carbons (Fsp3) is 0.381. The highest BCUT2D eigenvalue weighted by molar-refractivity contribution is 5.81. The van der Waals surface area contributed by atoms with E-state index < -0.39 is 6.10 Å².